The van der Waals surface area contributed by atoms with Crippen LogP contribution < -0.4 is 10.5 Å². The van der Waals surface area contributed by atoms with E-state index in [2.05, 4.69) is 15.3 Å². The van der Waals surface area contributed by atoms with Crippen LogP contribution in [0.1, 0.15) is 40.0 Å². The maximum atomic E-state index is 13.0. The van der Waals surface area contributed by atoms with Crippen molar-refractivity contribution in [3.05, 3.63) is 108 Å². The van der Waals surface area contributed by atoms with Gasteiger partial charge in [0.05, 0.1) is 28.0 Å². The number of nitrogens with one attached hydrogen (secondary N) is 1. The lowest BCUT2D eigenvalue weighted by Crippen LogP contribution is -2.14. The van der Waals surface area contributed by atoms with Crippen molar-refractivity contribution >= 4 is 21.6 Å². The first-order valence-corrected chi connectivity index (χ1v) is 13.0. The molecule has 196 valence electrons. The van der Waals surface area contributed by atoms with Gasteiger partial charge in [0.15, 0.2) is 0 Å². The lowest BCUT2D eigenvalue weighted by molar-refractivity contribution is -0.137. The number of hydrogen-bond donors (Lipinski definition) is 2. The maximum absolute atomic E-state index is 13.0. The van der Waals surface area contributed by atoms with Crippen LogP contribution in [0.5, 0.6) is 0 Å². The second kappa shape index (κ2) is 10.7. The normalized spacial score (nSPS) is 12.7. The molecule has 0 saturated carbocycles. The highest BCUT2D eigenvalue weighted by Crippen LogP contribution is 2.30. The Labute approximate surface area is 217 Å². The van der Waals surface area contributed by atoms with Gasteiger partial charge in [-0.2, -0.15) is 13.2 Å². The Balaban J connectivity index is 1.47. The van der Waals surface area contributed by atoms with E-state index in [1.807, 2.05) is 13.0 Å². The number of aromatic nitrogens is 2. The van der Waals surface area contributed by atoms with Gasteiger partial charge in [0, 0.05) is 23.0 Å². The molecule has 4 aromatic rings. The third-order valence-corrected chi connectivity index (χ3v) is 6.77. The van der Waals surface area contributed by atoms with Gasteiger partial charge in [0.1, 0.15) is 0 Å². The van der Waals surface area contributed by atoms with Crippen LogP contribution in [0.4, 0.5) is 18.9 Å². The summed E-state index contributed by atoms with van der Waals surface area (Å²) >= 11 is 0. The Morgan fingerprint density at radius 3 is 2.39 bits per heavy atom. The van der Waals surface area contributed by atoms with Crippen molar-refractivity contribution in [2.24, 2.45) is 5.14 Å². The summed E-state index contributed by atoms with van der Waals surface area (Å²) in [5.74, 6) is -0.678. The first-order valence-electron chi connectivity index (χ1n) is 11.4. The van der Waals surface area contributed by atoms with Crippen molar-refractivity contribution in [2.75, 3.05) is 5.32 Å². The number of hydrogen-bond acceptors (Lipinski definition) is 5. The Hall–Kier alpha value is -4.09. The smallest absolute Gasteiger partial charge is 0.322 e. The van der Waals surface area contributed by atoms with E-state index in [4.69, 9.17) is 5.14 Å². The van der Waals surface area contributed by atoms with Crippen LogP contribution in [0.15, 0.2) is 90.1 Å². The fourth-order valence-corrected chi connectivity index (χ4v) is 4.37. The number of carbonyl (C=O) groups is 1. The molecular weight excluding hydrogens is 517 g/mol. The fraction of sp³-hybridized carbons (Fsp3) is 0.148. The second-order valence-electron chi connectivity index (χ2n) is 8.73. The highest BCUT2D eigenvalue weighted by Gasteiger charge is 2.30. The van der Waals surface area contributed by atoms with Gasteiger partial charge in [0.2, 0.25) is 10.0 Å². The summed E-state index contributed by atoms with van der Waals surface area (Å²) in [7, 11) is -3.80. The van der Waals surface area contributed by atoms with Gasteiger partial charge in [-0.1, -0.05) is 37.3 Å². The van der Waals surface area contributed by atoms with E-state index in [0.29, 0.717) is 29.1 Å². The summed E-state index contributed by atoms with van der Waals surface area (Å²) in [6, 6.07) is 17.3. The zero-order valence-electron chi connectivity index (χ0n) is 20.1. The Bertz CT molecular complexity index is 1570. The zero-order chi connectivity index (χ0) is 27.5. The molecule has 1 amide bonds. The SMILES string of the molecule is C[C@H](Cc1cncc(-c2ccc(S(N)(=O)=O)cc2)n1)c1cccc(NC(=O)c2cccc(C(F)(F)F)c2)c1. The molecule has 1 heterocycles. The van der Waals surface area contributed by atoms with Crippen molar-refractivity contribution in [3.63, 3.8) is 0 Å². The number of carbonyl (C=O) groups excluding carboxylic acids is 1. The van der Waals surface area contributed by atoms with Crippen LogP contribution in [0.3, 0.4) is 0 Å². The van der Waals surface area contributed by atoms with E-state index >= 15 is 0 Å². The van der Waals surface area contributed by atoms with Gasteiger partial charge in [-0.25, -0.2) is 18.5 Å². The Morgan fingerprint density at radius 1 is 1.00 bits per heavy atom. The van der Waals surface area contributed by atoms with E-state index in [1.54, 1.807) is 42.7 Å². The predicted octanol–water partition coefficient (Wildman–Crippen LogP) is 5.41. The van der Waals surface area contributed by atoms with E-state index in [9.17, 15) is 26.4 Å². The van der Waals surface area contributed by atoms with Crippen LogP contribution in [0, 0.1) is 0 Å². The number of primary sulfonamides is 1. The highest BCUT2D eigenvalue weighted by molar-refractivity contribution is 7.89. The molecule has 11 heteroatoms. The monoisotopic (exact) mass is 540 g/mol. The van der Waals surface area contributed by atoms with Crippen LogP contribution in [-0.4, -0.2) is 24.3 Å². The molecule has 0 bridgehead atoms. The Morgan fingerprint density at radius 2 is 1.71 bits per heavy atom. The molecule has 0 unspecified atom stereocenters. The molecule has 0 aliphatic heterocycles. The van der Waals surface area contributed by atoms with E-state index < -0.39 is 27.7 Å². The van der Waals surface area contributed by atoms with E-state index in [0.717, 1.165) is 17.7 Å². The summed E-state index contributed by atoms with van der Waals surface area (Å²) in [5.41, 5.74) is 2.29. The summed E-state index contributed by atoms with van der Waals surface area (Å²) in [6.07, 6.45) is -0.816. The molecule has 3 aromatic carbocycles. The molecule has 0 spiro atoms. The summed E-state index contributed by atoms with van der Waals surface area (Å²) < 4.78 is 61.9. The first kappa shape index (κ1) is 27.0. The summed E-state index contributed by atoms with van der Waals surface area (Å²) in [6.45, 7) is 1.98. The number of sulfonamides is 1. The van der Waals surface area contributed by atoms with Crippen molar-refractivity contribution in [1.82, 2.24) is 9.97 Å². The molecule has 0 aliphatic rings. The average molecular weight is 541 g/mol. The lowest BCUT2D eigenvalue weighted by Gasteiger charge is -2.14. The van der Waals surface area contributed by atoms with Gasteiger partial charge in [0.25, 0.3) is 5.91 Å². The third kappa shape index (κ3) is 6.61. The molecule has 0 saturated heterocycles. The van der Waals surface area contributed by atoms with Gasteiger partial charge >= 0.3 is 6.18 Å². The molecule has 7 nitrogen and oxygen atoms in total. The number of anilines is 1. The largest absolute Gasteiger partial charge is 0.416 e. The molecule has 3 N–H and O–H groups in total. The second-order valence-corrected chi connectivity index (χ2v) is 10.3. The third-order valence-electron chi connectivity index (χ3n) is 5.84. The lowest BCUT2D eigenvalue weighted by atomic mass is 9.95. The number of nitrogens with zero attached hydrogens (tertiary/aromatic N) is 2. The number of halogens is 3. The number of rotatable bonds is 7. The molecule has 4 rings (SSSR count). The standard InChI is InChI=1S/C27H23F3N4O3S/c1-17(12-23-15-32-16-25(33-23)18-8-10-24(11-9-18)38(31,36)37)19-4-3-7-22(14-19)34-26(35)20-5-2-6-21(13-20)27(28,29)30/h2-11,13-17H,12H2,1H3,(H,34,35)(H2,31,36,37)/t17-/m1/s1. The maximum Gasteiger partial charge on any atom is 0.416 e. The minimum Gasteiger partial charge on any atom is -0.322 e. The van der Waals surface area contributed by atoms with Gasteiger partial charge < -0.3 is 5.32 Å². The quantitative estimate of drug-likeness (QED) is 0.325. The molecule has 0 radical (unpaired) electrons. The molecule has 0 aliphatic carbocycles. The minimum atomic E-state index is -4.54. The average Bonchev–Trinajstić information content (AvgIpc) is 2.88. The Kier molecular flexibility index (Phi) is 7.61. The number of amides is 1. The highest BCUT2D eigenvalue weighted by atomic mass is 32.2. The van der Waals surface area contributed by atoms with E-state index in [-0.39, 0.29) is 16.4 Å². The number of nitrogens with two attached hydrogens (primary N) is 1. The topological polar surface area (TPSA) is 115 Å². The summed E-state index contributed by atoms with van der Waals surface area (Å²) in [5, 5.41) is 7.80. The van der Waals surface area contributed by atoms with Crippen molar-refractivity contribution in [1.29, 1.82) is 0 Å². The van der Waals surface area contributed by atoms with Crippen LogP contribution in [-0.2, 0) is 22.6 Å². The van der Waals surface area contributed by atoms with Crippen LogP contribution in [0.25, 0.3) is 11.3 Å². The minimum absolute atomic E-state index is 0.000911. The number of benzene rings is 3. The van der Waals surface area contributed by atoms with Gasteiger partial charge in [-0.3, -0.25) is 9.78 Å². The van der Waals surface area contributed by atoms with Crippen LogP contribution >= 0.6 is 0 Å². The van der Waals surface area contributed by atoms with Crippen molar-refractivity contribution in [3.8, 4) is 11.3 Å². The number of alkyl halides is 3. The van der Waals surface area contributed by atoms with Crippen LogP contribution in [0.2, 0.25) is 0 Å². The molecule has 1 aromatic heterocycles. The molecule has 1 atom stereocenters. The van der Waals surface area contributed by atoms with Crippen molar-refractivity contribution in [2.45, 2.75) is 30.3 Å². The molecular formula is C27H23F3N4O3S. The first-order chi connectivity index (χ1) is 17.9. The zero-order valence-corrected chi connectivity index (χ0v) is 20.9. The predicted molar refractivity (Wildman–Crippen MR) is 137 cm³/mol. The molecule has 0 fully saturated rings. The molecule has 38 heavy (non-hydrogen) atoms. The van der Waals surface area contributed by atoms with Gasteiger partial charge in [-0.05, 0) is 60.4 Å². The van der Waals surface area contributed by atoms with E-state index in [1.165, 1.54) is 24.3 Å². The fourth-order valence-electron chi connectivity index (χ4n) is 3.85. The van der Waals surface area contributed by atoms with Crippen molar-refractivity contribution < 1.29 is 26.4 Å². The summed E-state index contributed by atoms with van der Waals surface area (Å²) in [4.78, 5) is 21.5. The van der Waals surface area contributed by atoms with Gasteiger partial charge in [-0.15, -0.1) is 0 Å².